The van der Waals surface area contributed by atoms with Gasteiger partial charge >= 0.3 is 11.9 Å². The Morgan fingerprint density at radius 2 is 1.35 bits per heavy atom. The molecule has 0 spiro atoms. The first-order chi connectivity index (χ1) is 16.7. The Labute approximate surface area is 233 Å². The van der Waals surface area contributed by atoms with Gasteiger partial charge in [0.05, 0.1) is 0 Å². The summed E-state index contributed by atoms with van der Waals surface area (Å²) in [7, 11) is -1.91. The van der Waals surface area contributed by atoms with Gasteiger partial charge in [0.15, 0.2) is 8.32 Å². The van der Waals surface area contributed by atoms with E-state index in [0.717, 1.165) is 28.5 Å². The van der Waals surface area contributed by atoms with E-state index in [1.807, 2.05) is 46.1 Å². The number of aromatic nitrogens is 1. The lowest BCUT2D eigenvalue weighted by Crippen LogP contribution is -2.41. The van der Waals surface area contributed by atoms with Crippen LogP contribution in [0.4, 0.5) is 0 Å². The van der Waals surface area contributed by atoms with Crippen molar-refractivity contribution in [1.82, 2.24) is 4.57 Å². The number of fused-ring (bicyclic) bond motifs is 1. The summed E-state index contributed by atoms with van der Waals surface area (Å²) in [4.78, 5) is 27.2. The zero-order valence-corrected chi connectivity index (χ0v) is 27.5. The van der Waals surface area contributed by atoms with Crippen LogP contribution in [0.5, 0.6) is 0 Å². The molecule has 0 radical (unpaired) electrons. The first kappa shape index (κ1) is 31.8. The second kappa shape index (κ2) is 11.8. The number of ether oxygens (including phenoxy) is 2. The van der Waals surface area contributed by atoms with Crippen molar-refractivity contribution >= 4 is 36.2 Å². The van der Waals surface area contributed by atoms with Crippen LogP contribution < -0.4 is 0 Å². The predicted molar refractivity (Wildman–Crippen MR) is 156 cm³/mol. The van der Waals surface area contributed by atoms with Crippen molar-refractivity contribution in [2.24, 2.45) is 0 Å². The van der Waals surface area contributed by atoms with E-state index >= 15 is 0 Å². The number of hydrogen-bond acceptors (Lipinski definition) is 5. The zero-order valence-electron chi connectivity index (χ0n) is 24.9. The van der Waals surface area contributed by atoms with Crippen LogP contribution in [-0.2, 0) is 33.3 Å². The largest absolute Gasteiger partial charge is 0.455 e. The predicted octanol–water partition coefficient (Wildman–Crippen LogP) is 7.97. The highest BCUT2D eigenvalue weighted by molar-refractivity contribution is 9.11. The minimum absolute atomic E-state index is 0.111. The summed E-state index contributed by atoms with van der Waals surface area (Å²) in [5.41, 5.74) is 1.44. The number of hydrogen-bond donors (Lipinski definition) is 0. The van der Waals surface area contributed by atoms with Crippen LogP contribution >= 0.6 is 15.9 Å². The molecule has 1 heterocycles. The molecule has 1 aromatic heterocycles. The summed E-state index contributed by atoms with van der Waals surface area (Å²) in [6.07, 6.45) is 5.66. The van der Waals surface area contributed by atoms with Crippen LogP contribution in [0.1, 0.15) is 114 Å². The molecule has 0 saturated carbocycles. The number of nitrogens with zero attached hydrogens (tertiary/aromatic N) is 1. The van der Waals surface area contributed by atoms with E-state index < -0.39 is 31.5 Å². The van der Waals surface area contributed by atoms with Crippen molar-refractivity contribution in [1.29, 1.82) is 0 Å². The molecule has 1 aromatic rings. The molecule has 1 aliphatic rings. The van der Waals surface area contributed by atoms with Crippen LogP contribution in [0.25, 0.3) is 0 Å². The maximum atomic E-state index is 13.6. The number of halogens is 1. The van der Waals surface area contributed by atoms with Gasteiger partial charge in [-0.1, -0.05) is 42.8 Å². The van der Waals surface area contributed by atoms with E-state index in [9.17, 15) is 9.59 Å². The van der Waals surface area contributed by atoms with Crippen LogP contribution in [0.15, 0.2) is 10.6 Å². The third-order valence-electron chi connectivity index (χ3n) is 6.83. The molecule has 0 unspecified atom stereocenters. The second-order valence-electron chi connectivity index (χ2n) is 13.5. The topological polar surface area (TPSA) is 66.8 Å². The first-order valence-corrected chi connectivity index (χ1v) is 17.1. The van der Waals surface area contributed by atoms with Gasteiger partial charge in [0.1, 0.15) is 22.6 Å². The highest BCUT2D eigenvalue weighted by Gasteiger charge is 2.37. The average Bonchev–Trinajstić information content (AvgIpc) is 2.97. The van der Waals surface area contributed by atoms with Gasteiger partial charge < -0.3 is 18.5 Å². The number of rotatable bonds is 7. The van der Waals surface area contributed by atoms with E-state index in [1.54, 1.807) is 0 Å². The molecule has 0 N–H and O–H groups in total. The van der Waals surface area contributed by atoms with Crippen molar-refractivity contribution in [3.05, 3.63) is 33.1 Å². The molecule has 0 amide bonds. The van der Waals surface area contributed by atoms with Gasteiger partial charge in [-0.15, -0.1) is 0 Å². The van der Waals surface area contributed by atoms with Crippen LogP contribution in [0.2, 0.25) is 18.1 Å². The minimum atomic E-state index is -1.91. The Morgan fingerprint density at radius 1 is 0.865 bits per heavy atom. The fourth-order valence-corrected chi connectivity index (χ4v) is 5.61. The highest BCUT2D eigenvalue weighted by Crippen LogP contribution is 2.37. The molecule has 0 saturated heterocycles. The average molecular weight is 599 g/mol. The Bertz CT molecular complexity index is 1020. The molecular weight excluding hydrogens is 550 g/mol. The fraction of sp³-hybridized carbons (Fsp3) is 0.724. The minimum Gasteiger partial charge on any atom is -0.455 e. The Balaban J connectivity index is 2.58. The van der Waals surface area contributed by atoms with Crippen molar-refractivity contribution < 1.29 is 23.5 Å². The molecule has 0 aromatic carbocycles. The Morgan fingerprint density at radius 3 is 1.81 bits per heavy atom. The molecule has 2 rings (SSSR count). The lowest BCUT2D eigenvalue weighted by molar-refractivity contribution is 0.00487. The van der Waals surface area contributed by atoms with E-state index in [2.05, 4.69) is 55.9 Å². The van der Waals surface area contributed by atoms with Crippen LogP contribution in [-0.4, -0.2) is 42.6 Å². The summed E-state index contributed by atoms with van der Waals surface area (Å²) in [6, 6.07) is 0. The number of esters is 2. The number of carbonyl (C=O) groups is 2. The molecule has 0 bridgehead atoms. The summed E-state index contributed by atoms with van der Waals surface area (Å²) < 4.78 is 21.1. The van der Waals surface area contributed by atoms with Gasteiger partial charge in [-0.05, 0) is 107 Å². The quantitative estimate of drug-likeness (QED) is 0.181. The lowest BCUT2D eigenvalue weighted by Gasteiger charge is -2.36. The molecule has 1 aliphatic carbocycles. The van der Waals surface area contributed by atoms with Gasteiger partial charge in [-0.25, -0.2) is 9.59 Å². The standard InChI is InChI=1S/C29H48BrNO5Si/c1-27(2,3)35-25(32)23-21-15-12-14-20(30)16-17-22(21)24(26(33)36-28(4,5)6)31(23)18-13-19-34-37(10,11)29(7,8)9/h14H,12-13,15-19H2,1-11H3/b20-14+. The Kier molecular flexibility index (Phi) is 10.1. The van der Waals surface area contributed by atoms with Crippen molar-refractivity contribution in [3.63, 3.8) is 0 Å². The fourth-order valence-electron chi connectivity index (χ4n) is 4.09. The molecule has 6 nitrogen and oxygen atoms in total. The monoisotopic (exact) mass is 597 g/mol. The summed E-state index contributed by atoms with van der Waals surface area (Å²) in [6.45, 7) is 23.4. The van der Waals surface area contributed by atoms with E-state index in [0.29, 0.717) is 43.8 Å². The third-order valence-corrected chi connectivity index (χ3v) is 12.1. The van der Waals surface area contributed by atoms with Gasteiger partial charge in [-0.2, -0.15) is 0 Å². The van der Waals surface area contributed by atoms with E-state index in [1.165, 1.54) is 0 Å². The van der Waals surface area contributed by atoms with E-state index in [-0.39, 0.29) is 5.04 Å². The summed E-state index contributed by atoms with van der Waals surface area (Å²) >= 11 is 3.65. The van der Waals surface area contributed by atoms with Gasteiger partial charge in [0, 0.05) is 13.2 Å². The summed E-state index contributed by atoms with van der Waals surface area (Å²) in [5.74, 6) is -0.794. The molecular formula is C29H48BrNO5Si. The molecule has 0 aliphatic heterocycles. The second-order valence-corrected chi connectivity index (χ2v) is 19.3. The van der Waals surface area contributed by atoms with Crippen LogP contribution in [0.3, 0.4) is 0 Å². The molecule has 210 valence electrons. The third kappa shape index (κ3) is 8.82. The summed E-state index contributed by atoms with van der Waals surface area (Å²) in [5, 5.41) is 0.111. The number of carbonyl (C=O) groups excluding carboxylic acids is 2. The van der Waals surface area contributed by atoms with Crippen molar-refractivity contribution in [2.75, 3.05) is 6.61 Å². The SMILES string of the molecule is CC(C)(C)OC(=O)c1c2c(c(C(=O)OC(C)(C)C)n1CCCO[Si](C)(C)C(C)(C)C)CC/C(Br)=C\CC2. The highest BCUT2D eigenvalue weighted by atomic mass is 79.9. The molecule has 0 atom stereocenters. The first-order valence-electron chi connectivity index (χ1n) is 13.4. The van der Waals surface area contributed by atoms with Gasteiger partial charge in [-0.3, -0.25) is 0 Å². The van der Waals surface area contributed by atoms with Crippen molar-refractivity contribution in [2.45, 2.75) is 130 Å². The van der Waals surface area contributed by atoms with Crippen LogP contribution in [0, 0.1) is 0 Å². The zero-order chi connectivity index (χ0) is 28.4. The lowest BCUT2D eigenvalue weighted by atomic mass is 9.96. The molecule has 37 heavy (non-hydrogen) atoms. The van der Waals surface area contributed by atoms with Gasteiger partial charge in [0.25, 0.3) is 0 Å². The molecule has 8 heteroatoms. The Hall–Kier alpha value is -1.38. The maximum Gasteiger partial charge on any atom is 0.355 e. The molecule has 0 fully saturated rings. The van der Waals surface area contributed by atoms with E-state index in [4.69, 9.17) is 13.9 Å². The van der Waals surface area contributed by atoms with Gasteiger partial charge in [0.2, 0.25) is 0 Å². The maximum absolute atomic E-state index is 13.6. The number of allylic oxidation sites excluding steroid dienone is 2. The van der Waals surface area contributed by atoms with Crippen molar-refractivity contribution in [3.8, 4) is 0 Å². The smallest absolute Gasteiger partial charge is 0.355 e. The normalized spacial score (nSPS) is 16.8.